The quantitative estimate of drug-likeness (QED) is 0.238. The van der Waals surface area contributed by atoms with Gasteiger partial charge in [-0.25, -0.2) is 4.79 Å². The minimum absolute atomic E-state index is 0.0204. The highest BCUT2D eigenvalue weighted by Crippen LogP contribution is 2.18. The molecule has 35 heavy (non-hydrogen) atoms. The van der Waals surface area contributed by atoms with Crippen molar-refractivity contribution in [1.82, 2.24) is 20.9 Å². The van der Waals surface area contributed by atoms with Gasteiger partial charge in [0.15, 0.2) is 11.9 Å². The fourth-order valence-electron chi connectivity index (χ4n) is 3.67. The Labute approximate surface area is 201 Å². The SMILES string of the molecule is CNC(=O)C1CC(=O)CN1C(=O)C(O)C(Cc1ccccc1)NC(=O)C(CC(N)=O)NC(=O)OC. The molecule has 1 aliphatic rings. The van der Waals surface area contributed by atoms with Crippen LogP contribution in [0.1, 0.15) is 18.4 Å². The molecule has 2 rings (SSSR count). The molecular formula is C22H29N5O8. The number of Topliss-reactive ketones (excluding diaryl/α,β-unsaturated/α-hetero) is 1. The predicted octanol–water partition coefficient (Wildman–Crippen LogP) is -2.41. The lowest BCUT2D eigenvalue weighted by Gasteiger charge is -2.30. The Morgan fingerprint density at radius 3 is 2.40 bits per heavy atom. The Kier molecular flexibility index (Phi) is 9.70. The summed E-state index contributed by atoms with van der Waals surface area (Å²) in [5.74, 6) is -3.64. The predicted molar refractivity (Wildman–Crippen MR) is 120 cm³/mol. The number of rotatable bonds is 10. The van der Waals surface area contributed by atoms with E-state index in [0.717, 1.165) is 12.0 Å². The number of nitrogens with one attached hydrogen (secondary N) is 3. The third-order valence-corrected chi connectivity index (χ3v) is 5.44. The molecule has 13 nitrogen and oxygen atoms in total. The molecule has 1 saturated heterocycles. The van der Waals surface area contributed by atoms with Gasteiger partial charge in [0, 0.05) is 13.5 Å². The second-order valence-electron chi connectivity index (χ2n) is 7.95. The summed E-state index contributed by atoms with van der Waals surface area (Å²) in [6, 6.07) is 4.83. The second-order valence-corrected chi connectivity index (χ2v) is 7.95. The Morgan fingerprint density at radius 2 is 1.83 bits per heavy atom. The summed E-state index contributed by atoms with van der Waals surface area (Å²) < 4.78 is 4.46. The highest BCUT2D eigenvalue weighted by atomic mass is 16.5. The lowest BCUT2D eigenvalue weighted by atomic mass is 9.99. The first kappa shape index (κ1) is 27.2. The van der Waals surface area contributed by atoms with Gasteiger partial charge in [-0.3, -0.25) is 24.0 Å². The van der Waals surface area contributed by atoms with E-state index in [1.165, 1.54) is 7.05 Å². The number of likely N-dealkylation sites (N-methyl/N-ethyl adjacent to an activating group) is 1. The van der Waals surface area contributed by atoms with Crippen LogP contribution in [0.4, 0.5) is 4.79 Å². The molecule has 0 bridgehead atoms. The van der Waals surface area contributed by atoms with Gasteiger partial charge in [0.05, 0.1) is 26.1 Å². The lowest BCUT2D eigenvalue weighted by molar-refractivity contribution is -0.147. The van der Waals surface area contributed by atoms with Crippen molar-refractivity contribution in [3.05, 3.63) is 35.9 Å². The third kappa shape index (κ3) is 7.50. The summed E-state index contributed by atoms with van der Waals surface area (Å²) in [4.78, 5) is 74.1. The van der Waals surface area contributed by atoms with E-state index in [2.05, 4.69) is 20.7 Å². The van der Waals surface area contributed by atoms with E-state index >= 15 is 0 Å². The summed E-state index contributed by atoms with van der Waals surface area (Å²) >= 11 is 0. The number of aliphatic hydroxyl groups is 1. The van der Waals surface area contributed by atoms with E-state index in [-0.39, 0.29) is 25.2 Å². The molecule has 6 N–H and O–H groups in total. The van der Waals surface area contributed by atoms with E-state index in [9.17, 15) is 33.9 Å². The van der Waals surface area contributed by atoms with E-state index in [1.54, 1.807) is 30.3 Å². The molecule has 4 atom stereocenters. The number of nitrogens with two attached hydrogens (primary N) is 1. The smallest absolute Gasteiger partial charge is 0.407 e. The molecule has 190 valence electrons. The molecule has 1 aliphatic heterocycles. The molecule has 4 unspecified atom stereocenters. The first-order chi connectivity index (χ1) is 16.6. The fourth-order valence-corrected chi connectivity index (χ4v) is 3.67. The maximum atomic E-state index is 13.1. The summed E-state index contributed by atoms with van der Waals surface area (Å²) in [7, 11) is 2.42. The molecule has 1 aromatic carbocycles. The highest BCUT2D eigenvalue weighted by Gasteiger charge is 2.42. The highest BCUT2D eigenvalue weighted by molar-refractivity contribution is 6.00. The first-order valence-electron chi connectivity index (χ1n) is 10.8. The van der Waals surface area contributed by atoms with Crippen LogP contribution in [0.2, 0.25) is 0 Å². The van der Waals surface area contributed by atoms with E-state index in [1.807, 2.05) is 0 Å². The lowest BCUT2D eigenvalue weighted by Crippen LogP contribution is -2.58. The zero-order chi connectivity index (χ0) is 26.1. The van der Waals surface area contributed by atoms with Crippen molar-refractivity contribution in [3.8, 4) is 0 Å². The molecule has 5 amide bonds. The van der Waals surface area contributed by atoms with Crippen molar-refractivity contribution in [3.63, 3.8) is 0 Å². The van der Waals surface area contributed by atoms with Crippen LogP contribution < -0.4 is 21.7 Å². The fraction of sp³-hybridized carbons (Fsp3) is 0.455. The van der Waals surface area contributed by atoms with E-state index in [0.29, 0.717) is 5.56 Å². The molecule has 0 radical (unpaired) electrons. The number of carbonyl (C=O) groups is 6. The largest absolute Gasteiger partial charge is 0.453 e. The summed E-state index contributed by atoms with van der Waals surface area (Å²) in [6.45, 7) is -0.367. The van der Waals surface area contributed by atoms with Gasteiger partial charge in [0.2, 0.25) is 17.7 Å². The monoisotopic (exact) mass is 491 g/mol. The minimum atomic E-state index is -1.86. The van der Waals surface area contributed by atoms with Crippen LogP contribution in [0.25, 0.3) is 0 Å². The van der Waals surface area contributed by atoms with Gasteiger partial charge in [-0.2, -0.15) is 0 Å². The van der Waals surface area contributed by atoms with Gasteiger partial charge in [-0.05, 0) is 12.0 Å². The molecular weight excluding hydrogens is 462 g/mol. The molecule has 0 aromatic heterocycles. The van der Waals surface area contributed by atoms with Gasteiger partial charge < -0.3 is 36.4 Å². The Hall–Kier alpha value is -4.00. The number of aliphatic hydroxyl groups excluding tert-OH is 1. The van der Waals surface area contributed by atoms with Crippen LogP contribution in [0.5, 0.6) is 0 Å². The van der Waals surface area contributed by atoms with E-state index in [4.69, 9.17) is 5.73 Å². The van der Waals surface area contributed by atoms with Gasteiger partial charge in [-0.15, -0.1) is 0 Å². The van der Waals surface area contributed by atoms with Crippen molar-refractivity contribution in [2.45, 2.75) is 43.5 Å². The zero-order valence-corrected chi connectivity index (χ0v) is 19.4. The number of benzene rings is 1. The molecule has 1 heterocycles. The minimum Gasteiger partial charge on any atom is -0.453 e. The Morgan fingerprint density at radius 1 is 1.17 bits per heavy atom. The van der Waals surface area contributed by atoms with Crippen molar-refractivity contribution >= 4 is 35.5 Å². The van der Waals surface area contributed by atoms with Gasteiger partial charge in [0.1, 0.15) is 12.1 Å². The van der Waals surface area contributed by atoms with Gasteiger partial charge in [-0.1, -0.05) is 30.3 Å². The number of ketones is 1. The summed E-state index contributed by atoms with van der Waals surface area (Å²) in [6.07, 6.45) is -3.64. The molecule has 1 aromatic rings. The third-order valence-electron chi connectivity index (χ3n) is 5.44. The number of ether oxygens (including phenoxy) is 1. The number of hydrogen-bond donors (Lipinski definition) is 5. The Bertz CT molecular complexity index is 970. The van der Waals surface area contributed by atoms with Crippen LogP contribution in [0, 0.1) is 0 Å². The number of carbonyl (C=O) groups excluding carboxylic acids is 6. The number of methoxy groups -OCH3 is 1. The average Bonchev–Trinajstić information content (AvgIpc) is 3.23. The van der Waals surface area contributed by atoms with Crippen LogP contribution in [0.3, 0.4) is 0 Å². The molecule has 13 heteroatoms. The number of likely N-dealkylation sites (tertiary alicyclic amines) is 1. The molecule has 1 fully saturated rings. The number of hydrogen-bond acceptors (Lipinski definition) is 8. The standard InChI is InChI=1S/C22H29N5O8/c1-24-20(32)16-9-13(28)11-27(16)21(33)18(30)14(8-12-6-4-3-5-7-12)25-19(31)15(10-17(23)29)26-22(34)35-2/h3-7,14-16,18,30H,8-11H2,1-2H3,(H2,23,29)(H,24,32)(H,25,31)(H,26,34). The second kappa shape index (κ2) is 12.5. The van der Waals surface area contributed by atoms with Crippen molar-refractivity contribution < 1.29 is 38.6 Å². The number of amides is 5. The van der Waals surface area contributed by atoms with Crippen LogP contribution in [0.15, 0.2) is 30.3 Å². The van der Waals surface area contributed by atoms with Gasteiger partial charge >= 0.3 is 6.09 Å². The molecule has 0 saturated carbocycles. The average molecular weight is 492 g/mol. The first-order valence-corrected chi connectivity index (χ1v) is 10.8. The van der Waals surface area contributed by atoms with E-state index < -0.39 is 60.4 Å². The summed E-state index contributed by atoms with van der Waals surface area (Å²) in [5.41, 5.74) is 5.82. The van der Waals surface area contributed by atoms with Crippen molar-refractivity contribution in [2.75, 3.05) is 20.7 Å². The maximum Gasteiger partial charge on any atom is 0.407 e. The van der Waals surface area contributed by atoms with Crippen molar-refractivity contribution in [1.29, 1.82) is 0 Å². The summed E-state index contributed by atoms with van der Waals surface area (Å²) in [5, 5.41) is 18.0. The topological polar surface area (TPSA) is 197 Å². The number of alkyl carbamates (subject to hydrolysis) is 1. The van der Waals surface area contributed by atoms with Gasteiger partial charge in [0.25, 0.3) is 5.91 Å². The molecule has 0 spiro atoms. The normalized spacial score (nSPS) is 17.6. The zero-order valence-electron chi connectivity index (χ0n) is 19.4. The van der Waals surface area contributed by atoms with Crippen molar-refractivity contribution in [2.24, 2.45) is 5.73 Å². The number of primary amides is 1. The van der Waals surface area contributed by atoms with Crippen LogP contribution in [-0.4, -0.2) is 90.4 Å². The number of nitrogens with zero attached hydrogens (tertiary/aromatic N) is 1. The van der Waals surface area contributed by atoms with Crippen LogP contribution in [-0.2, 0) is 35.1 Å². The maximum absolute atomic E-state index is 13.1. The van der Waals surface area contributed by atoms with Crippen LogP contribution >= 0.6 is 0 Å². The Balaban J connectivity index is 2.30. The molecule has 0 aliphatic carbocycles.